The molecule has 0 spiro atoms. The quantitative estimate of drug-likeness (QED) is 0.916. The molecule has 0 aliphatic carbocycles. The summed E-state index contributed by atoms with van der Waals surface area (Å²) in [6, 6.07) is 11.0. The maximum atomic E-state index is 6.06. The van der Waals surface area contributed by atoms with Crippen molar-refractivity contribution < 1.29 is 9.47 Å². The van der Waals surface area contributed by atoms with Crippen LogP contribution in [0.4, 0.5) is 5.69 Å². The third kappa shape index (κ3) is 3.44. The molecule has 0 amide bonds. The zero-order valence-corrected chi connectivity index (χ0v) is 15.8. The monoisotopic (exact) mass is 352 g/mol. The molecule has 0 radical (unpaired) electrons. The topological polar surface area (TPSA) is 33.7 Å². The number of hydrogen-bond donors (Lipinski definition) is 1. The van der Waals surface area contributed by atoms with Gasteiger partial charge in [-0.15, -0.1) is 0 Å². The number of methoxy groups -OCH3 is 1. The van der Waals surface area contributed by atoms with Gasteiger partial charge < -0.3 is 19.7 Å². The van der Waals surface area contributed by atoms with Crippen molar-refractivity contribution in [2.45, 2.75) is 32.9 Å². The second-order valence-corrected chi connectivity index (χ2v) is 7.26. The van der Waals surface area contributed by atoms with Crippen molar-refractivity contribution in [2.24, 2.45) is 0 Å². The fourth-order valence-corrected chi connectivity index (χ4v) is 4.26. The Hall–Kier alpha value is -2.04. The molecule has 2 aromatic carbocycles. The number of nitrogens with one attached hydrogen (secondary N) is 1. The lowest BCUT2D eigenvalue weighted by atomic mass is 9.94. The Morgan fingerprint density at radius 1 is 1.15 bits per heavy atom. The minimum absolute atomic E-state index is 0.660. The fourth-order valence-electron chi connectivity index (χ4n) is 4.26. The first kappa shape index (κ1) is 17.4. The van der Waals surface area contributed by atoms with E-state index >= 15 is 0 Å². The van der Waals surface area contributed by atoms with Gasteiger partial charge in [-0.05, 0) is 66.7 Å². The summed E-state index contributed by atoms with van der Waals surface area (Å²) in [7, 11) is 1.74. The molecule has 0 unspecified atom stereocenters. The first-order valence-corrected chi connectivity index (χ1v) is 9.57. The predicted molar refractivity (Wildman–Crippen MR) is 105 cm³/mol. The summed E-state index contributed by atoms with van der Waals surface area (Å²) in [6.07, 6.45) is 2.19. The van der Waals surface area contributed by atoms with E-state index in [1.807, 2.05) is 0 Å². The Morgan fingerprint density at radius 3 is 2.88 bits per heavy atom. The van der Waals surface area contributed by atoms with Gasteiger partial charge in [0.2, 0.25) is 0 Å². The lowest BCUT2D eigenvalue weighted by molar-refractivity contribution is 0.185. The van der Waals surface area contributed by atoms with Crippen LogP contribution >= 0.6 is 0 Å². The highest BCUT2D eigenvalue weighted by molar-refractivity contribution is 5.69. The zero-order valence-electron chi connectivity index (χ0n) is 15.8. The molecule has 2 aliphatic rings. The van der Waals surface area contributed by atoms with Gasteiger partial charge in [-0.25, -0.2) is 0 Å². The molecule has 0 fully saturated rings. The minimum Gasteiger partial charge on any atom is -0.490 e. The van der Waals surface area contributed by atoms with E-state index in [4.69, 9.17) is 9.47 Å². The number of rotatable bonds is 4. The van der Waals surface area contributed by atoms with Gasteiger partial charge >= 0.3 is 0 Å². The van der Waals surface area contributed by atoms with Gasteiger partial charge in [0.1, 0.15) is 12.4 Å². The van der Waals surface area contributed by atoms with E-state index in [-0.39, 0.29) is 0 Å². The zero-order chi connectivity index (χ0) is 17.9. The summed E-state index contributed by atoms with van der Waals surface area (Å²) >= 11 is 0. The number of nitrogens with zero attached hydrogens (tertiary/aromatic N) is 1. The van der Waals surface area contributed by atoms with Gasteiger partial charge in [0.25, 0.3) is 0 Å². The highest BCUT2D eigenvalue weighted by Gasteiger charge is 2.25. The van der Waals surface area contributed by atoms with Crippen LogP contribution in [0.3, 0.4) is 0 Å². The van der Waals surface area contributed by atoms with Crippen LogP contribution < -0.4 is 15.0 Å². The molecule has 0 bridgehead atoms. The smallest absolute Gasteiger partial charge is 0.143 e. The highest BCUT2D eigenvalue weighted by atomic mass is 16.5. The van der Waals surface area contributed by atoms with Crippen LogP contribution in [-0.4, -0.2) is 33.4 Å². The minimum atomic E-state index is 0.660. The number of anilines is 1. The summed E-state index contributed by atoms with van der Waals surface area (Å²) in [5, 5.41) is 3.51. The average Bonchev–Trinajstić information content (AvgIpc) is 2.88. The molecular formula is C22H28N2O2. The highest BCUT2D eigenvalue weighted by Crippen LogP contribution is 2.40. The van der Waals surface area contributed by atoms with Gasteiger partial charge in [-0.2, -0.15) is 0 Å². The summed E-state index contributed by atoms with van der Waals surface area (Å²) < 4.78 is 11.3. The molecule has 26 heavy (non-hydrogen) atoms. The molecule has 138 valence electrons. The van der Waals surface area contributed by atoms with Crippen molar-refractivity contribution in [3.05, 3.63) is 58.1 Å². The molecular weight excluding hydrogens is 324 g/mol. The molecule has 0 saturated heterocycles. The molecule has 4 heteroatoms. The van der Waals surface area contributed by atoms with Gasteiger partial charge in [0.05, 0.1) is 18.8 Å². The van der Waals surface area contributed by atoms with Crippen LogP contribution in [0.2, 0.25) is 0 Å². The first-order chi connectivity index (χ1) is 12.8. The van der Waals surface area contributed by atoms with Gasteiger partial charge in [0, 0.05) is 13.7 Å². The maximum Gasteiger partial charge on any atom is 0.143 e. The Labute approximate surface area is 156 Å². The van der Waals surface area contributed by atoms with Crippen LogP contribution in [0, 0.1) is 6.92 Å². The van der Waals surface area contributed by atoms with Crippen molar-refractivity contribution in [3.63, 3.8) is 0 Å². The number of fused-ring (bicyclic) bond motifs is 2. The lowest BCUT2D eigenvalue weighted by Crippen LogP contribution is -2.33. The van der Waals surface area contributed by atoms with Crippen LogP contribution in [0.5, 0.6) is 5.75 Å². The molecule has 4 rings (SSSR count). The van der Waals surface area contributed by atoms with Crippen molar-refractivity contribution in [2.75, 3.05) is 38.3 Å². The molecule has 2 aromatic rings. The van der Waals surface area contributed by atoms with Crippen molar-refractivity contribution in [1.29, 1.82) is 0 Å². The molecule has 0 atom stereocenters. The summed E-state index contributed by atoms with van der Waals surface area (Å²) in [5.74, 6) is 1.06. The van der Waals surface area contributed by atoms with Gasteiger partial charge in [-0.1, -0.05) is 24.3 Å². The standard InChI is InChI=1S/C22H28N2O2/c1-16-20-7-9-23-8-6-19(20)13-21-22(16)24(10-11-26-21)14-17-4-3-5-18(12-17)15-25-2/h3-5,12-13,23H,6-11,14-15H2,1-2H3. The Kier molecular flexibility index (Phi) is 5.14. The largest absolute Gasteiger partial charge is 0.490 e. The normalized spacial score (nSPS) is 16.5. The summed E-state index contributed by atoms with van der Waals surface area (Å²) in [6.45, 7) is 7.64. The molecule has 0 aromatic heterocycles. The SMILES string of the molecule is COCc1cccc(CN2CCOc3cc4c(c(C)c32)CCNCC4)c1. The predicted octanol–water partition coefficient (Wildman–Crippen LogP) is 3.23. The second kappa shape index (κ2) is 7.68. The van der Waals surface area contributed by atoms with Crippen LogP contribution in [-0.2, 0) is 30.7 Å². The van der Waals surface area contributed by atoms with E-state index in [1.54, 1.807) is 7.11 Å². The van der Waals surface area contributed by atoms with E-state index < -0.39 is 0 Å². The van der Waals surface area contributed by atoms with Crippen LogP contribution in [0.25, 0.3) is 0 Å². The second-order valence-electron chi connectivity index (χ2n) is 7.26. The number of ether oxygens (including phenoxy) is 2. The van der Waals surface area contributed by atoms with Crippen LogP contribution in [0.15, 0.2) is 30.3 Å². The maximum absolute atomic E-state index is 6.06. The Bertz CT molecular complexity index is 788. The summed E-state index contributed by atoms with van der Waals surface area (Å²) in [5.41, 5.74) is 8.20. The van der Waals surface area contributed by atoms with E-state index in [0.717, 1.165) is 51.4 Å². The Morgan fingerprint density at radius 2 is 2.00 bits per heavy atom. The van der Waals surface area contributed by atoms with E-state index in [9.17, 15) is 0 Å². The van der Waals surface area contributed by atoms with E-state index in [0.29, 0.717) is 6.61 Å². The van der Waals surface area contributed by atoms with Crippen molar-refractivity contribution in [1.82, 2.24) is 5.32 Å². The molecule has 2 heterocycles. The lowest BCUT2D eigenvalue weighted by Gasteiger charge is -2.34. The number of benzene rings is 2. The van der Waals surface area contributed by atoms with E-state index in [2.05, 4.69) is 47.5 Å². The number of hydrogen-bond acceptors (Lipinski definition) is 4. The molecule has 0 saturated carbocycles. The average molecular weight is 352 g/mol. The van der Waals surface area contributed by atoms with E-state index in [1.165, 1.54) is 33.5 Å². The first-order valence-electron chi connectivity index (χ1n) is 9.57. The van der Waals surface area contributed by atoms with Crippen molar-refractivity contribution in [3.8, 4) is 5.75 Å². The van der Waals surface area contributed by atoms with Crippen molar-refractivity contribution >= 4 is 5.69 Å². The Balaban J connectivity index is 1.66. The van der Waals surface area contributed by atoms with Gasteiger partial charge in [-0.3, -0.25) is 0 Å². The van der Waals surface area contributed by atoms with Crippen LogP contribution in [0.1, 0.15) is 27.8 Å². The molecule has 2 aliphatic heterocycles. The molecule has 4 nitrogen and oxygen atoms in total. The fraction of sp³-hybridized carbons (Fsp3) is 0.455. The molecule has 1 N–H and O–H groups in total. The van der Waals surface area contributed by atoms with Gasteiger partial charge in [0.15, 0.2) is 0 Å². The third-order valence-electron chi connectivity index (χ3n) is 5.47. The third-order valence-corrected chi connectivity index (χ3v) is 5.47. The summed E-state index contributed by atoms with van der Waals surface area (Å²) in [4.78, 5) is 2.48.